The molecule has 0 aliphatic heterocycles. The molecule has 0 bridgehead atoms. The van der Waals surface area contributed by atoms with Crippen molar-refractivity contribution in [3.8, 4) is 72.4 Å². The van der Waals surface area contributed by atoms with Crippen molar-refractivity contribution >= 4 is 139 Å². The van der Waals surface area contributed by atoms with Gasteiger partial charge in [0, 0.05) is 58.5 Å². The molecule has 19 rings (SSSR count). The molecule has 4 aromatic heterocycles. The van der Waals surface area contributed by atoms with Crippen LogP contribution in [0.5, 0.6) is 0 Å². The van der Waals surface area contributed by atoms with Crippen molar-refractivity contribution in [3.63, 3.8) is 0 Å². The van der Waals surface area contributed by atoms with Crippen molar-refractivity contribution in [2.45, 2.75) is 0 Å². The van der Waals surface area contributed by atoms with Gasteiger partial charge in [0.05, 0.1) is 5.52 Å². The summed E-state index contributed by atoms with van der Waals surface area (Å²) in [5.41, 5.74) is 17.9. The first kappa shape index (κ1) is 49.4. The molecule has 0 saturated carbocycles. The number of benzene rings is 15. The maximum Gasteiger partial charge on any atom is 0.190 e. The maximum absolute atomic E-state index is 6.56. The minimum absolute atomic E-state index is 0.929. The average Bonchev–Trinajstić information content (AvgIpc) is 1.43. The molecular formula is C84H49NOS2. The summed E-state index contributed by atoms with van der Waals surface area (Å²) in [5.74, 6) is 0. The fourth-order valence-corrected chi connectivity index (χ4v) is 17.3. The molecule has 88 heavy (non-hydrogen) atoms. The van der Waals surface area contributed by atoms with Crippen LogP contribution in [0.2, 0.25) is 0 Å². The summed E-state index contributed by atoms with van der Waals surface area (Å²) in [4.78, 5) is 2.21. The van der Waals surface area contributed by atoms with Gasteiger partial charge in [-0.05, 0) is 146 Å². The Hall–Kier alpha value is -10.9. The van der Waals surface area contributed by atoms with Crippen LogP contribution in [-0.4, -0.2) is 4.57 Å². The zero-order valence-corrected chi connectivity index (χ0v) is 49.1. The monoisotopic (exact) mass is 1150 g/mol. The summed E-state index contributed by atoms with van der Waals surface area (Å²) in [6, 6.07) is 110. The molecular weight excluding hydrogens is 1100 g/mol. The number of fused-ring (bicyclic) bond motifs is 15. The topological polar surface area (TPSA) is 18.1 Å². The fraction of sp³-hybridized carbons (Fsp3) is 0. The Labute approximate surface area is 514 Å². The van der Waals surface area contributed by atoms with E-state index in [1.807, 2.05) is 11.3 Å². The molecule has 19 aromatic rings. The molecule has 0 saturated heterocycles. The van der Waals surface area contributed by atoms with E-state index in [0.29, 0.717) is 0 Å². The van der Waals surface area contributed by atoms with Gasteiger partial charge in [-0.2, -0.15) is 0 Å². The van der Waals surface area contributed by atoms with Crippen LogP contribution >= 0.6 is 22.7 Å². The van der Waals surface area contributed by atoms with E-state index in [2.05, 4.69) is 302 Å². The molecule has 408 valence electrons. The maximum atomic E-state index is 6.56. The van der Waals surface area contributed by atoms with E-state index in [9.17, 15) is 0 Å². The molecule has 0 radical (unpaired) electrons. The van der Waals surface area contributed by atoms with E-state index >= 15 is 0 Å². The molecule has 0 spiro atoms. The summed E-state index contributed by atoms with van der Waals surface area (Å²) in [6.07, 6.45) is 0. The van der Waals surface area contributed by atoms with Crippen LogP contribution in [0.3, 0.4) is 0 Å². The second kappa shape index (κ2) is 19.3. The van der Waals surface area contributed by atoms with Crippen LogP contribution in [-0.2, 0) is 0 Å². The van der Waals surface area contributed by atoms with E-state index in [1.165, 1.54) is 162 Å². The van der Waals surface area contributed by atoms with Gasteiger partial charge in [0.15, 0.2) is 4.90 Å². The third kappa shape index (κ3) is 7.34. The Bertz CT molecular complexity index is 6040. The van der Waals surface area contributed by atoms with Crippen molar-refractivity contribution in [2.24, 2.45) is 0 Å². The van der Waals surface area contributed by atoms with Crippen molar-refractivity contribution in [3.05, 3.63) is 297 Å². The predicted molar refractivity (Wildman–Crippen MR) is 379 cm³/mol. The first-order chi connectivity index (χ1) is 43.7. The molecule has 2 nitrogen and oxygen atoms in total. The van der Waals surface area contributed by atoms with E-state index in [0.717, 1.165) is 27.1 Å². The smallest absolute Gasteiger partial charge is 0.190 e. The van der Waals surface area contributed by atoms with E-state index in [4.69, 9.17) is 4.42 Å². The lowest BCUT2D eigenvalue weighted by atomic mass is 9.84. The van der Waals surface area contributed by atoms with Crippen molar-refractivity contribution in [1.29, 1.82) is 0 Å². The van der Waals surface area contributed by atoms with Gasteiger partial charge in [-0.1, -0.05) is 272 Å². The zero-order chi connectivity index (χ0) is 57.6. The van der Waals surface area contributed by atoms with E-state index < -0.39 is 0 Å². The molecule has 0 amide bonds. The standard InChI is InChI=1S/C84H49NOS2/c1-2-18-50(19-3-1)52-36-39-54(40-37-52)75-59-22-6-9-25-62(59)78(69-31-17-33-71-80-67-29-13-15-35-74(67)86-84(80)88-82(69)71)65-47-44-56(49-72(65)75)53-42-45-58(46-43-53)85-73-34-14-12-28-66(73)79-70-32-16-30-68(81(70)87-83(79)85)77-63-26-10-7-23-60(63)76(61-24-8-11-27-64(61)77)57-41-38-51-20-4-5-21-55(51)48-57/h1-49H. The first-order valence-corrected chi connectivity index (χ1v) is 31.8. The number of nitrogens with zero attached hydrogens (tertiary/aromatic N) is 1. The second-order valence-electron chi connectivity index (χ2n) is 23.3. The van der Waals surface area contributed by atoms with E-state index in [1.54, 1.807) is 11.3 Å². The number of hydrogen-bond donors (Lipinski definition) is 0. The van der Waals surface area contributed by atoms with Crippen LogP contribution in [0.15, 0.2) is 302 Å². The van der Waals surface area contributed by atoms with Crippen molar-refractivity contribution in [1.82, 2.24) is 4.57 Å². The molecule has 0 aliphatic rings. The second-order valence-corrected chi connectivity index (χ2v) is 25.3. The highest BCUT2D eigenvalue weighted by Gasteiger charge is 2.25. The SMILES string of the molecule is c1ccc(-c2ccc(-c3c4ccccc4c(-c4cccc5c4sc4oc6ccccc6c45)c4ccc(-c5ccc(-n6c7ccccc7c7c8cccc(-c9c%10ccccc%10c(-c%10ccc%11ccccc%11c%10)c%10ccccc9%10)c8sc76)cc5)cc34)cc2)cc1. The van der Waals surface area contributed by atoms with Crippen LogP contribution in [0.25, 0.3) is 189 Å². The van der Waals surface area contributed by atoms with Gasteiger partial charge < -0.3 is 8.98 Å². The molecule has 4 heterocycles. The Kier molecular flexibility index (Phi) is 10.8. The minimum Gasteiger partial charge on any atom is -0.445 e. The van der Waals surface area contributed by atoms with Crippen LogP contribution in [0.4, 0.5) is 0 Å². The Balaban J connectivity index is 0.782. The highest BCUT2D eigenvalue weighted by Crippen LogP contribution is 2.53. The molecule has 0 unspecified atom stereocenters. The summed E-state index contributed by atoms with van der Waals surface area (Å²) < 4.78 is 11.6. The van der Waals surface area contributed by atoms with Crippen molar-refractivity contribution in [2.75, 3.05) is 0 Å². The highest BCUT2D eigenvalue weighted by atomic mass is 32.1. The number of aromatic nitrogens is 1. The van der Waals surface area contributed by atoms with Gasteiger partial charge in [-0.15, -0.1) is 11.3 Å². The number of hydrogen-bond acceptors (Lipinski definition) is 3. The van der Waals surface area contributed by atoms with Gasteiger partial charge in [0.2, 0.25) is 0 Å². The van der Waals surface area contributed by atoms with E-state index in [-0.39, 0.29) is 0 Å². The molecule has 0 atom stereocenters. The molecule has 15 aromatic carbocycles. The quantitative estimate of drug-likeness (QED) is 0.145. The third-order valence-electron chi connectivity index (χ3n) is 18.6. The Morgan fingerprint density at radius 2 is 0.727 bits per heavy atom. The zero-order valence-electron chi connectivity index (χ0n) is 47.5. The van der Waals surface area contributed by atoms with Crippen LogP contribution in [0, 0.1) is 0 Å². The predicted octanol–water partition coefficient (Wildman–Crippen LogP) is 24.9. The Morgan fingerprint density at radius 3 is 1.41 bits per heavy atom. The third-order valence-corrected chi connectivity index (χ3v) is 21.0. The number of thiophene rings is 2. The average molecular weight is 1150 g/mol. The van der Waals surface area contributed by atoms with Crippen molar-refractivity contribution < 1.29 is 4.42 Å². The lowest BCUT2D eigenvalue weighted by molar-refractivity contribution is 0.678. The molecule has 0 aliphatic carbocycles. The number of rotatable bonds is 7. The van der Waals surface area contributed by atoms with Gasteiger partial charge in [0.1, 0.15) is 10.4 Å². The van der Waals surface area contributed by atoms with Crippen LogP contribution < -0.4 is 0 Å². The molecule has 0 fully saturated rings. The first-order valence-electron chi connectivity index (χ1n) is 30.1. The minimum atomic E-state index is 0.929. The van der Waals surface area contributed by atoms with Gasteiger partial charge in [-0.25, -0.2) is 0 Å². The highest BCUT2D eigenvalue weighted by molar-refractivity contribution is 7.26. The molecule has 4 heteroatoms. The van der Waals surface area contributed by atoms with Crippen LogP contribution in [0.1, 0.15) is 0 Å². The Morgan fingerprint density at radius 1 is 0.261 bits per heavy atom. The lowest BCUT2D eigenvalue weighted by Gasteiger charge is -2.19. The summed E-state index contributed by atoms with van der Waals surface area (Å²) in [7, 11) is 0. The fourth-order valence-electron chi connectivity index (χ4n) is 14.7. The van der Waals surface area contributed by atoms with Gasteiger partial charge in [0.25, 0.3) is 0 Å². The molecule has 0 N–H and O–H groups in total. The largest absolute Gasteiger partial charge is 0.445 e. The van der Waals surface area contributed by atoms with Gasteiger partial charge >= 0.3 is 0 Å². The summed E-state index contributed by atoms with van der Waals surface area (Å²) >= 11 is 3.67. The normalized spacial score (nSPS) is 12.1. The lowest BCUT2D eigenvalue weighted by Crippen LogP contribution is -1.93. The number of para-hydroxylation sites is 2. The summed E-state index contributed by atoms with van der Waals surface area (Å²) in [6.45, 7) is 0. The van der Waals surface area contributed by atoms with Gasteiger partial charge in [-0.3, -0.25) is 0 Å². The summed E-state index contributed by atoms with van der Waals surface area (Å²) in [5, 5.41) is 19.8. The number of furan rings is 1.